The monoisotopic (exact) mass is 369 g/mol. The molecule has 134 valence electrons. The molecule has 0 unspecified atom stereocenters. The Bertz CT molecular complexity index is 811. The average Bonchev–Trinajstić information content (AvgIpc) is 2.67. The Kier molecular flexibility index (Phi) is 6.11. The van der Waals surface area contributed by atoms with Gasteiger partial charge in [-0.15, -0.1) is 0 Å². The highest BCUT2D eigenvalue weighted by atomic mass is 35.5. The number of hydrogen-bond donors (Lipinski definition) is 0. The Morgan fingerprint density at radius 1 is 1.12 bits per heavy atom. The minimum absolute atomic E-state index is 0.0486. The zero-order valence-corrected chi connectivity index (χ0v) is 15.2. The molecule has 26 heavy (non-hydrogen) atoms. The van der Waals surface area contributed by atoms with Crippen LogP contribution in [0.2, 0.25) is 5.02 Å². The molecule has 3 rings (SSSR count). The quantitative estimate of drug-likeness (QED) is 0.813. The number of carbonyl (C=O) groups excluding carboxylic acids is 1. The maximum absolute atomic E-state index is 12.4. The summed E-state index contributed by atoms with van der Waals surface area (Å²) in [5, 5.41) is 9.80. The second kappa shape index (κ2) is 8.70. The second-order valence-electron chi connectivity index (χ2n) is 6.18. The molecule has 1 saturated heterocycles. The van der Waals surface area contributed by atoms with Crippen molar-refractivity contribution < 1.29 is 9.53 Å². The fraction of sp³-hybridized carbons (Fsp3) is 0.300. The van der Waals surface area contributed by atoms with Crippen LogP contribution in [0, 0.1) is 11.3 Å². The zero-order valence-electron chi connectivity index (χ0n) is 14.4. The van der Waals surface area contributed by atoms with Gasteiger partial charge in [0.2, 0.25) is 0 Å². The van der Waals surface area contributed by atoms with E-state index < -0.39 is 0 Å². The maximum atomic E-state index is 12.4. The fourth-order valence-corrected chi connectivity index (χ4v) is 3.18. The maximum Gasteiger partial charge on any atom is 0.260 e. The molecule has 0 aliphatic carbocycles. The minimum atomic E-state index is -0.0554. The van der Waals surface area contributed by atoms with Crippen LogP contribution < -0.4 is 4.74 Å². The smallest absolute Gasteiger partial charge is 0.260 e. The molecule has 1 amide bonds. The highest BCUT2D eigenvalue weighted by molar-refractivity contribution is 6.30. The number of piperazine rings is 1. The molecular weight excluding hydrogens is 350 g/mol. The van der Waals surface area contributed by atoms with E-state index in [1.165, 1.54) is 5.56 Å². The third-order valence-corrected chi connectivity index (χ3v) is 4.61. The van der Waals surface area contributed by atoms with Crippen molar-refractivity contribution in [2.75, 3.05) is 32.8 Å². The number of halogens is 1. The van der Waals surface area contributed by atoms with Gasteiger partial charge in [0.15, 0.2) is 6.61 Å². The molecule has 6 heteroatoms. The van der Waals surface area contributed by atoms with Crippen molar-refractivity contribution in [1.29, 1.82) is 5.26 Å². The van der Waals surface area contributed by atoms with Gasteiger partial charge in [-0.25, -0.2) is 0 Å². The average molecular weight is 370 g/mol. The number of benzene rings is 2. The van der Waals surface area contributed by atoms with E-state index in [4.69, 9.17) is 21.6 Å². The van der Waals surface area contributed by atoms with E-state index in [0.717, 1.165) is 24.7 Å². The summed E-state index contributed by atoms with van der Waals surface area (Å²) in [7, 11) is 0. The van der Waals surface area contributed by atoms with E-state index in [1.807, 2.05) is 23.1 Å². The number of carbonyl (C=O) groups is 1. The topological polar surface area (TPSA) is 56.6 Å². The van der Waals surface area contributed by atoms with Crippen LogP contribution in [0.4, 0.5) is 0 Å². The SMILES string of the molecule is N#Cc1ccccc1OCC(=O)N1CCN(Cc2cccc(Cl)c2)CC1. The van der Waals surface area contributed by atoms with Crippen LogP contribution in [0.1, 0.15) is 11.1 Å². The Balaban J connectivity index is 1.47. The van der Waals surface area contributed by atoms with Gasteiger partial charge in [0.25, 0.3) is 5.91 Å². The van der Waals surface area contributed by atoms with E-state index in [9.17, 15) is 4.79 Å². The lowest BCUT2D eigenvalue weighted by Gasteiger charge is -2.34. The van der Waals surface area contributed by atoms with Crippen LogP contribution in [0.3, 0.4) is 0 Å². The van der Waals surface area contributed by atoms with Gasteiger partial charge >= 0.3 is 0 Å². The summed E-state index contributed by atoms with van der Waals surface area (Å²) in [6.07, 6.45) is 0. The van der Waals surface area contributed by atoms with Gasteiger partial charge in [0.1, 0.15) is 11.8 Å². The summed E-state index contributed by atoms with van der Waals surface area (Å²) < 4.78 is 5.54. The first-order chi connectivity index (χ1) is 12.7. The predicted octanol–water partition coefficient (Wildman–Crippen LogP) is 2.93. The number of rotatable bonds is 5. The molecule has 1 fully saturated rings. The first-order valence-corrected chi connectivity index (χ1v) is 8.90. The first-order valence-electron chi connectivity index (χ1n) is 8.52. The minimum Gasteiger partial charge on any atom is -0.482 e. The van der Waals surface area contributed by atoms with Gasteiger partial charge in [-0.05, 0) is 29.8 Å². The van der Waals surface area contributed by atoms with Crippen molar-refractivity contribution in [2.24, 2.45) is 0 Å². The number of hydrogen-bond acceptors (Lipinski definition) is 4. The van der Waals surface area contributed by atoms with Crippen molar-refractivity contribution in [2.45, 2.75) is 6.54 Å². The third-order valence-electron chi connectivity index (χ3n) is 4.38. The summed E-state index contributed by atoms with van der Waals surface area (Å²) in [5.74, 6) is 0.392. The van der Waals surface area contributed by atoms with Crippen LogP contribution in [0.15, 0.2) is 48.5 Å². The van der Waals surface area contributed by atoms with Crippen LogP contribution >= 0.6 is 11.6 Å². The lowest BCUT2D eigenvalue weighted by molar-refractivity contribution is -0.135. The number of ether oxygens (including phenoxy) is 1. The molecule has 2 aromatic rings. The Morgan fingerprint density at radius 3 is 2.62 bits per heavy atom. The first kappa shape index (κ1) is 18.2. The molecular formula is C20H20ClN3O2. The van der Waals surface area contributed by atoms with Gasteiger partial charge in [0.05, 0.1) is 5.56 Å². The van der Waals surface area contributed by atoms with Gasteiger partial charge < -0.3 is 9.64 Å². The molecule has 1 aliphatic rings. The number of para-hydroxylation sites is 1. The number of nitriles is 1. The lowest BCUT2D eigenvalue weighted by atomic mass is 10.2. The highest BCUT2D eigenvalue weighted by Gasteiger charge is 2.21. The molecule has 0 spiro atoms. The second-order valence-corrected chi connectivity index (χ2v) is 6.62. The molecule has 0 bridgehead atoms. The van der Waals surface area contributed by atoms with E-state index in [0.29, 0.717) is 24.4 Å². The van der Waals surface area contributed by atoms with Gasteiger partial charge in [-0.3, -0.25) is 9.69 Å². The molecule has 0 atom stereocenters. The summed E-state index contributed by atoms with van der Waals surface area (Å²) in [5.41, 5.74) is 1.61. The predicted molar refractivity (Wildman–Crippen MR) is 100.0 cm³/mol. The zero-order chi connectivity index (χ0) is 18.4. The normalized spacial score (nSPS) is 14.7. The van der Waals surface area contributed by atoms with Crippen molar-refractivity contribution >= 4 is 17.5 Å². The summed E-state index contributed by atoms with van der Waals surface area (Å²) in [6, 6.07) is 16.9. The van der Waals surface area contributed by atoms with E-state index >= 15 is 0 Å². The van der Waals surface area contributed by atoms with Crippen LogP contribution in [-0.4, -0.2) is 48.5 Å². The molecule has 0 radical (unpaired) electrons. The van der Waals surface area contributed by atoms with Gasteiger partial charge in [-0.2, -0.15) is 5.26 Å². The van der Waals surface area contributed by atoms with Gasteiger partial charge in [0, 0.05) is 37.7 Å². The summed E-state index contributed by atoms with van der Waals surface area (Å²) in [4.78, 5) is 16.5. The third kappa shape index (κ3) is 4.75. The lowest BCUT2D eigenvalue weighted by Crippen LogP contribution is -2.49. The molecule has 1 aliphatic heterocycles. The van der Waals surface area contributed by atoms with Crippen molar-refractivity contribution in [3.63, 3.8) is 0 Å². The van der Waals surface area contributed by atoms with Crippen LogP contribution in [0.5, 0.6) is 5.75 Å². The largest absolute Gasteiger partial charge is 0.482 e. The molecule has 0 N–H and O–H groups in total. The number of amides is 1. The van der Waals surface area contributed by atoms with Crippen molar-refractivity contribution in [3.8, 4) is 11.8 Å². The Morgan fingerprint density at radius 2 is 1.88 bits per heavy atom. The van der Waals surface area contributed by atoms with Crippen LogP contribution in [0.25, 0.3) is 0 Å². The van der Waals surface area contributed by atoms with E-state index in [1.54, 1.807) is 24.3 Å². The molecule has 0 saturated carbocycles. The summed E-state index contributed by atoms with van der Waals surface area (Å²) in [6.45, 7) is 3.74. The fourth-order valence-electron chi connectivity index (χ4n) is 2.96. The highest BCUT2D eigenvalue weighted by Crippen LogP contribution is 2.17. The number of nitrogens with zero attached hydrogens (tertiary/aromatic N) is 3. The van der Waals surface area contributed by atoms with Crippen molar-refractivity contribution in [1.82, 2.24) is 9.80 Å². The molecule has 2 aromatic carbocycles. The van der Waals surface area contributed by atoms with Gasteiger partial charge in [-0.1, -0.05) is 35.9 Å². The summed E-state index contributed by atoms with van der Waals surface area (Å²) >= 11 is 6.03. The Labute approximate surface area is 158 Å². The standard InChI is InChI=1S/C20H20ClN3O2/c21-18-6-3-4-16(12-18)14-23-8-10-24(11-9-23)20(25)15-26-19-7-2-1-5-17(19)13-22/h1-7,12H,8-11,14-15H2. The molecule has 0 aromatic heterocycles. The Hall–Kier alpha value is -2.55. The van der Waals surface area contributed by atoms with E-state index in [-0.39, 0.29) is 12.5 Å². The van der Waals surface area contributed by atoms with Crippen molar-refractivity contribution in [3.05, 3.63) is 64.7 Å². The molecule has 5 nitrogen and oxygen atoms in total. The van der Waals surface area contributed by atoms with Crippen LogP contribution in [-0.2, 0) is 11.3 Å². The molecule has 1 heterocycles. The van der Waals surface area contributed by atoms with E-state index in [2.05, 4.69) is 17.0 Å².